The predicted octanol–water partition coefficient (Wildman–Crippen LogP) is 3.36. The molecule has 0 spiro atoms. The van der Waals surface area contributed by atoms with Gasteiger partial charge in [-0.05, 0) is 42.5 Å². The SMILES string of the molecule is CC(=O)Nc1ccc(-c2nc3c(c(=O)n(C)c(=O)n3C)n2-c2ccc(Cl)c(Cl)c2)cc1. The Morgan fingerprint density at radius 3 is 2.26 bits per heavy atom. The summed E-state index contributed by atoms with van der Waals surface area (Å²) in [5.74, 6) is 0.246. The van der Waals surface area contributed by atoms with Crippen LogP contribution in [0.1, 0.15) is 6.92 Å². The molecular weight excluding hydrogens is 441 g/mol. The molecule has 0 unspecified atom stereocenters. The number of carbonyl (C=O) groups is 1. The lowest BCUT2D eigenvalue weighted by atomic mass is 10.2. The molecule has 4 aromatic rings. The van der Waals surface area contributed by atoms with Gasteiger partial charge in [-0.3, -0.25) is 23.3 Å². The molecule has 0 aliphatic carbocycles. The van der Waals surface area contributed by atoms with Crippen LogP contribution in [0.2, 0.25) is 10.0 Å². The van der Waals surface area contributed by atoms with E-state index in [4.69, 9.17) is 23.2 Å². The van der Waals surface area contributed by atoms with Crippen LogP contribution in [0.5, 0.6) is 0 Å². The molecule has 0 atom stereocenters. The number of nitrogens with zero attached hydrogens (tertiary/aromatic N) is 4. The number of amides is 1. The molecule has 0 aliphatic heterocycles. The fraction of sp³-hybridized carbons (Fsp3) is 0.143. The summed E-state index contributed by atoms with van der Waals surface area (Å²) in [6.45, 7) is 1.42. The molecule has 31 heavy (non-hydrogen) atoms. The molecule has 0 saturated heterocycles. The lowest BCUT2D eigenvalue weighted by Crippen LogP contribution is -2.37. The van der Waals surface area contributed by atoms with E-state index in [0.29, 0.717) is 32.8 Å². The Hall–Kier alpha value is -3.36. The van der Waals surface area contributed by atoms with Gasteiger partial charge in [0.1, 0.15) is 5.82 Å². The molecule has 8 nitrogen and oxygen atoms in total. The van der Waals surface area contributed by atoms with Crippen LogP contribution in [-0.4, -0.2) is 24.6 Å². The highest BCUT2D eigenvalue weighted by Gasteiger charge is 2.21. The number of benzene rings is 2. The molecule has 2 aromatic heterocycles. The summed E-state index contributed by atoms with van der Waals surface area (Å²) in [4.78, 5) is 41.4. The van der Waals surface area contributed by atoms with Gasteiger partial charge in [0.05, 0.1) is 10.0 Å². The number of hydrogen-bond acceptors (Lipinski definition) is 4. The van der Waals surface area contributed by atoms with Gasteiger partial charge in [0.15, 0.2) is 11.2 Å². The predicted molar refractivity (Wildman–Crippen MR) is 121 cm³/mol. The minimum Gasteiger partial charge on any atom is -0.326 e. The first-order valence-corrected chi connectivity index (χ1v) is 9.96. The Morgan fingerprint density at radius 1 is 0.968 bits per heavy atom. The third-order valence-electron chi connectivity index (χ3n) is 4.88. The van der Waals surface area contributed by atoms with Gasteiger partial charge < -0.3 is 5.32 Å². The topological polar surface area (TPSA) is 90.9 Å². The Bertz CT molecular complexity index is 1470. The molecule has 0 bridgehead atoms. The summed E-state index contributed by atoms with van der Waals surface area (Å²) in [5.41, 5.74) is 1.35. The Labute approximate surface area is 186 Å². The maximum absolute atomic E-state index is 13.0. The zero-order chi connectivity index (χ0) is 22.4. The molecular formula is C21H17Cl2N5O3. The van der Waals surface area contributed by atoms with Gasteiger partial charge in [-0.2, -0.15) is 0 Å². The van der Waals surface area contributed by atoms with Crippen molar-refractivity contribution in [2.75, 3.05) is 5.32 Å². The second-order valence-electron chi connectivity index (χ2n) is 7.01. The van der Waals surface area contributed by atoms with Crippen LogP contribution in [0.25, 0.3) is 28.2 Å². The number of halogens is 2. The number of aryl methyl sites for hydroxylation is 1. The smallest absolute Gasteiger partial charge is 0.326 e. The highest BCUT2D eigenvalue weighted by Crippen LogP contribution is 2.31. The molecule has 2 aromatic carbocycles. The molecule has 4 rings (SSSR count). The average Bonchev–Trinajstić information content (AvgIpc) is 3.13. The fourth-order valence-electron chi connectivity index (χ4n) is 3.37. The van der Waals surface area contributed by atoms with E-state index in [1.807, 2.05) is 0 Å². The standard InChI is InChI=1S/C21H17Cl2N5O3/c1-11(29)24-13-6-4-12(5-7-13)18-25-19-17(20(30)27(3)21(31)26(19)2)28(18)14-8-9-15(22)16(23)10-14/h4-10H,1-3H3,(H,24,29). The molecule has 1 amide bonds. The number of anilines is 1. The summed E-state index contributed by atoms with van der Waals surface area (Å²) in [6, 6.07) is 12.0. The first-order chi connectivity index (χ1) is 14.7. The second-order valence-corrected chi connectivity index (χ2v) is 7.82. The normalized spacial score (nSPS) is 11.1. The van der Waals surface area contributed by atoms with Crippen molar-refractivity contribution in [3.8, 4) is 17.1 Å². The van der Waals surface area contributed by atoms with Gasteiger partial charge in [-0.25, -0.2) is 9.78 Å². The number of imidazole rings is 1. The molecule has 158 valence electrons. The van der Waals surface area contributed by atoms with Crippen LogP contribution in [0.15, 0.2) is 52.1 Å². The van der Waals surface area contributed by atoms with Crippen molar-refractivity contribution in [2.24, 2.45) is 14.1 Å². The number of nitrogens with one attached hydrogen (secondary N) is 1. The minimum atomic E-state index is -0.488. The third kappa shape index (κ3) is 3.54. The van der Waals surface area contributed by atoms with E-state index in [-0.39, 0.29) is 17.1 Å². The molecule has 2 heterocycles. The van der Waals surface area contributed by atoms with E-state index in [0.717, 1.165) is 4.57 Å². The highest BCUT2D eigenvalue weighted by atomic mass is 35.5. The number of aromatic nitrogens is 4. The third-order valence-corrected chi connectivity index (χ3v) is 5.62. The minimum absolute atomic E-state index is 0.186. The van der Waals surface area contributed by atoms with Gasteiger partial charge in [-0.15, -0.1) is 0 Å². The molecule has 10 heteroatoms. The summed E-state index contributed by atoms with van der Waals surface area (Å²) in [6.07, 6.45) is 0. The highest BCUT2D eigenvalue weighted by molar-refractivity contribution is 6.42. The fourth-order valence-corrected chi connectivity index (χ4v) is 3.66. The van der Waals surface area contributed by atoms with E-state index in [1.54, 1.807) is 54.1 Å². The van der Waals surface area contributed by atoms with Crippen molar-refractivity contribution in [1.82, 2.24) is 18.7 Å². The average molecular weight is 458 g/mol. The number of carbonyl (C=O) groups excluding carboxylic acids is 1. The van der Waals surface area contributed by atoms with Crippen molar-refractivity contribution >= 4 is 46.0 Å². The van der Waals surface area contributed by atoms with Gasteiger partial charge in [0.2, 0.25) is 5.91 Å². The van der Waals surface area contributed by atoms with Gasteiger partial charge >= 0.3 is 5.69 Å². The quantitative estimate of drug-likeness (QED) is 0.510. The van der Waals surface area contributed by atoms with E-state index in [2.05, 4.69) is 10.3 Å². The van der Waals surface area contributed by atoms with E-state index >= 15 is 0 Å². The number of rotatable bonds is 3. The van der Waals surface area contributed by atoms with Gasteiger partial charge in [-0.1, -0.05) is 23.2 Å². The zero-order valence-electron chi connectivity index (χ0n) is 16.8. The van der Waals surface area contributed by atoms with Crippen molar-refractivity contribution < 1.29 is 4.79 Å². The summed E-state index contributed by atoms with van der Waals surface area (Å²) in [7, 11) is 2.97. The number of fused-ring (bicyclic) bond motifs is 1. The van der Waals surface area contributed by atoms with Crippen LogP contribution in [0.3, 0.4) is 0 Å². The molecule has 1 N–H and O–H groups in total. The maximum Gasteiger partial charge on any atom is 0.332 e. The number of hydrogen-bond donors (Lipinski definition) is 1. The lowest BCUT2D eigenvalue weighted by Gasteiger charge is -2.11. The summed E-state index contributed by atoms with van der Waals surface area (Å²) >= 11 is 12.3. The van der Waals surface area contributed by atoms with Crippen molar-refractivity contribution in [1.29, 1.82) is 0 Å². The summed E-state index contributed by atoms with van der Waals surface area (Å²) < 4.78 is 3.99. The van der Waals surface area contributed by atoms with Gasteiger partial charge in [0.25, 0.3) is 5.56 Å². The molecule has 0 aliphatic rings. The summed E-state index contributed by atoms with van der Waals surface area (Å²) in [5, 5.41) is 3.39. The van der Waals surface area contributed by atoms with Crippen LogP contribution in [0, 0.1) is 0 Å². The van der Waals surface area contributed by atoms with E-state index in [1.165, 1.54) is 18.5 Å². The van der Waals surface area contributed by atoms with Crippen molar-refractivity contribution in [3.63, 3.8) is 0 Å². The molecule has 0 fully saturated rings. The maximum atomic E-state index is 13.0. The van der Waals surface area contributed by atoms with E-state index in [9.17, 15) is 14.4 Å². The van der Waals surface area contributed by atoms with Gasteiger partial charge in [0, 0.05) is 38.0 Å². The van der Waals surface area contributed by atoms with Crippen molar-refractivity contribution in [3.05, 3.63) is 73.3 Å². The Morgan fingerprint density at radius 2 is 1.65 bits per heavy atom. The first kappa shape index (κ1) is 20.9. The lowest BCUT2D eigenvalue weighted by molar-refractivity contribution is -0.114. The first-order valence-electron chi connectivity index (χ1n) is 9.21. The van der Waals surface area contributed by atoms with Crippen LogP contribution in [-0.2, 0) is 18.9 Å². The van der Waals surface area contributed by atoms with Crippen molar-refractivity contribution in [2.45, 2.75) is 6.92 Å². The monoisotopic (exact) mass is 457 g/mol. The Balaban J connectivity index is 2.07. The molecule has 0 saturated carbocycles. The zero-order valence-corrected chi connectivity index (χ0v) is 18.3. The largest absolute Gasteiger partial charge is 0.332 e. The van der Waals surface area contributed by atoms with Crippen LogP contribution in [0.4, 0.5) is 5.69 Å². The Kier molecular flexibility index (Phi) is 5.20. The van der Waals surface area contributed by atoms with Crippen LogP contribution >= 0.6 is 23.2 Å². The second kappa shape index (κ2) is 7.72. The van der Waals surface area contributed by atoms with E-state index < -0.39 is 11.2 Å². The molecule has 0 radical (unpaired) electrons. The van der Waals surface area contributed by atoms with Crippen LogP contribution < -0.4 is 16.6 Å².